The molecule has 0 radical (unpaired) electrons. The number of hydrogen-bond donors (Lipinski definition) is 0. The van der Waals surface area contributed by atoms with Crippen molar-refractivity contribution in [3.8, 4) is 11.5 Å². The number of benzene rings is 1. The summed E-state index contributed by atoms with van der Waals surface area (Å²) in [5, 5.41) is 0. The van der Waals surface area contributed by atoms with Crippen LogP contribution in [0, 0.1) is 26.2 Å². The maximum absolute atomic E-state index is 12.3. The summed E-state index contributed by atoms with van der Waals surface area (Å²) in [5.41, 5.74) is 2.86. The van der Waals surface area contributed by atoms with Crippen LogP contribution in [0.25, 0.3) is 0 Å². The van der Waals surface area contributed by atoms with Crippen LogP contribution in [-0.4, -0.2) is 30.4 Å². The molecule has 0 spiro atoms. The lowest BCUT2D eigenvalue weighted by molar-refractivity contribution is -0.158. The van der Waals surface area contributed by atoms with Gasteiger partial charge in [-0.25, -0.2) is 0 Å². The molecule has 0 aliphatic carbocycles. The van der Waals surface area contributed by atoms with E-state index in [-0.39, 0.29) is 23.8 Å². The molecule has 0 saturated carbocycles. The summed E-state index contributed by atoms with van der Waals surface area (Å²) in [7, 11) is 0. The highest BCUT2D eigenvalue weighted by molar-refractivity contribution is 5.79. The first kappa shape index (κ1) is 27.7. The van der Waals surface area contributed by atoms with Crippen molar-refractivity contribution in [2.75, 3.05) is 6.61 Å². The fourth-order valence-corrected chi connectivity index (χ4v) is 3.55. The van der Waals surface area contributed by atoms with Crippen molar-refractivity contribution in [3.63, 3.8) is 0 Å². The van der Waals surface area contributed by atoms with E-state index in [0.717, 1.165) is 28.0 Å². The molecule has 32 heavy (non-hydrogen) atoms. The minimum Gasteiger partial charge on any atom is -0.493 e. The van der Waals surface area contributed by atoms with Gasteiger partial charge in [-0.05, 0) is 84.4 Å². The summed E-state index contributed by atoms with van der Waals surface area (Å²) in [6.07, 6.45) is 2.58. The van der Waals surface area contributed by atoms with Crippen LogP contribution >= 0.6 is 0 Å². The van der Waals surface area contributed by atoms with Crippen molar-refractivity contribution >= 4 is 17.7 Å². The van der Waals surface area contributed by atoms with E-state index in [9.17, 15) is 14.4 Å². The van der Waals surface area contributed by atoms with Gasteiger partial charge in [0.05, 0.1) is 18.1 Å². The molecule has 0 fully saturated rings. The molecule has 0 aliphatic rings. The van der Waals surface area contributed by atoms with Gasteiger partial charge in [0.1, 0.15) is 17.3 Å². The van der Waals surface area contributed by atoms with Gasteiger partial charge >= 0.3 is 11.9 Å². The van der Waals surface area contributed by atoms with E-state index in [4.69, 9.17) is 14.2 Å². The lowest BCUT2D eigenvalue weighted by Crippen LogP contribution is -2.29. The molecule has 6 nitrogen and oxygen atoms in total. The smallest absolute Gasteiger partial charge is 0.311 e. The third-order valence-electron chi connectivity index (χ3n) is 5.69. The van der Waals surface area contributed by atoms with E-state index in [2.05, 4.69) is 0 Å². The van der Waals surface area contributed by atoms with E-state index in [1.165, 1.54) is 6.92 Å². The van der Waals surface area contributed by atoms with Gasteiger partial charge in [-0.1, -0.05) is 6.92 Å². The van der Waals surface area contributed by atoms with Crippen LogP contribution in [0.2, 0.25) is 0 Å². The third-order valence-corrected chi connectivity index (χ3v) is 5.69. The van der Waals surface area contributed by atoms with Crippen LogP contribution in [0.3, 0.4) is 0 Å². The molecular formula is C26H40O6. The number of carbonyl (C=O) groups is 3. The summed E-state index contributed by atoms with van der Waals surface area (Å²) in [4.78, 5) is 35.9. The zero-order valence-corrected chi connectivity index (χ0v) is 21.3. The Morgan fingerprint density at radius 3 is 2.09 bits per heavy atom. The second kappa shape index (κ2) is 12.0. The number of esters is 2. The van der Waals surface area contributed by atoms with Crippen LogP contribution in [0.4, 0.5) is 0 Å². The van der Waals surface area contributed by atoms with Crippen molar-refractivity contribution in [3.05, 3.63) is 22.3 Å². The lowest BCUT2D eigenvalue weighted by Gasteiger charge is -2.25. The Labute approximate surface area is 193 Å². The van der Waals surface area contributed by atoms with Gasteiger partial charge < -0.3 is 14.2 Å². The minimum atomic E-state index is -0.593. The predicted octanol–water partition coefficient (Wildman–Crippen LogP) is 5.59. The number of rotatable bonds is 12. The Hall–Kier alpha value is -2.37. The van der Waals surface area contributed by atoms with Crippen LogP contribution in [-0.2, 0) is 25.5 Å². The zero-order chi connectivity index (χ0) is 24.6. The SMILES string of the molecule is CCC(=O)CCc1c(C)c(OC(C)=O)c(C)c(C)c1OCCCC(C)(C)C(=O)OC(C)C. The van der Waals surface area contributed by atoms with Crippen molar-refractivity contribution in [1.29, 1.82) is 0 Å². The van der Waals surface area contributed by atoms with Crippen LogP contribution in [0.1, 0.15) is 89.5 Å². The molecule has 0 bridgehead atoms. The van der Waals surface area contributed by atoms with Crippen molar-refractivity contribution in [2.45, 2.75) is 101 Å². The Morgan fingerprint density at radius 1 is 0.969 bits per heavy atom. The van der Waals surface area contributed by atoms with E-state index < -0.39 is 5.41 Å². The molecule has 0 amide bonds. The minimum absolute atomic E-state index is 0.143. The average Bonchev–Trinajstić information content (AvgIpc) is 2.70. The van der Waals surface area contributed by atoms with Gasteiger partial charge in [-0.15, -0.1) is 0 Å². The fraction of sp³-hybridized carbons (Fsp3) is 0.654. The summed E-state index contributed by atoms with van der Waals surface area (Å²) >= 11 is 0. The molecule has 180 valence electrons. The van der Waals surface area contributed by atoms with Gasteiger partial charge in [-0.3, -0.25) is 14.4 Å². The second-order valence-electron chi connectivity index (χ2n) is 9.29. The molecule has 0 aromatic heterocycles. The Balaban J connectivity index is 3.08. The fourth-order valence-electron chi connectivity index (χ4n) is 3.55. The maximum atomic E-state index is 12.3. The average molecular weight is 449 g/mol. The van der Waals surface area contributed by atoms with Crippen LogP contribution in [0.5, 0.6) is 11.5 Å². The summed E-state index contributed by atoms with van der Waals surface area (Å²) in [6, 6.07) is 0. The highest BCUT2D eigenvalue weighted by Crippen LogP contribution is 2.39. The normalized spacial score (nSPS) is 11.4. The molecule has 0 aliphatic heterocycles. The number of hydrogen-bond acceptors (Lipinski definition) is 6. The monoisotopic (exact) mass is 448 g/mol. The summed E-state index contributed by atoms with van der Waals surface area (Å²) in [6.45, 7) is 16.8. The summed E-state index contributed by atoms with van der Waals surface area (Å²) in [5.74, 6) is 0.865. The number of ether oxygens (including phenoxy) is 3. The first-order valence-corrected chi connectivity index (χ1v) is 11.5. The Bertz CT molecular complexity index is 835. The molecule has 0 heterocycles. The predicted molar refractivity (Wildman–Crippen MR) is 125 cm³/mol. The number of ketones is 1. The standard InChI is InChI=1S/C26H40O6/c1-10-21(28)12-13-22-19(6)23(32-20(7)27)17(4)18(5)24(22)30-15-11-14-26(8,9)25(29)31-16(2)3/h16H,10-15H2,1-9H3. The van der Waals surface area contributed by atoms with Gasteiger partial charge in [0.25, 0.3) is 0 Å². The topological polar surface area (TPSA) is 78.9 Å². The van der Waals surface area contributed by atoms with E-state index >= 15 is 0 Å². The molecule has 0 saturated heterocycles. The van der Waals surface area contributed by atoms with Crippen LogP contribution in [0.15, 0.2) is 0 Å². The van der Waals surface area contributed by atoms with Crippen LogP contribution < -0.4 is 9.47 Å². The second-order valence-corrected chi connectivity index (χ2v) is 9.29. The van der Waals surface area contributed by atoms with Gasteiger partial charge in [-0.2, -0.15) is 0 Å². The van der Waals surface area contributed by atoms with Crippen molar-refractivity contribution in [2.24, 2.45) is 5.41 Å². The molecule has 0 N–H and O–H groups in total. The third kappa shape index (κ3) is 7.64. The van der Waals surface area contributed by atoms with Gasteiger partial charge in [0.2, 0.25) is 0 Å². The van der Waals surface area contributed by atoms with Gasteiger partial charge in [0.15, 0.2) is 0 Å². The molecular weight excluding hydrogens is 408 g/mol. The largest absolute Gasteiger partial charge is 0.493 e. The molecule has 1 aromatic rings. The number of carbonyl (C=O) groups excluding carboxylic acids is 3. The van der Waals surface area contributed by atoms with Crippen molar-refractivity contribution < 1.29 is 28.6 Å². The molecule has 0 atom stereocenters. The highest BCUT2D eigenvalue weighted by atomic mass is 16.5. The van der Waals surface area contributed by atoms with E-state index in [1.54, 1.807) is 0 Å². The van der Waals surface area contributed by atoms with E-state index in [0.29, 0.717) is 44.5 Å². The van der Waals surface area contributed by atoms with E-state index in [1.807, 2.05) is 55.4 Å². The molecule has 1 rings (SSSR count). The first-order valence-electron chi connectivity index (χ1n) is 11.5. The Kier molecular flexibility index (Phi) is 10.4. The zero-order valence-electron chi connectivity index (χ0n) is 21.3. The van der Waals surface area contributed by atoms with Crippen molar-refractivity contribution in [1.82, 2.24) is 0 Å². The summed E-state index contributed by atoms with van der Waals surface area (Å²) < 4.78 is 17.0. The van der Waals surface area contributed by atoms with Gasteiger partial charge in [0, 0.05) is 25.3 Å². The number of Topliss-reactive ketones (excluding diaryl/α,β-unsaturated/α-hetero) is 1. The molecule has 0 unspecified atom stereocenters. The first-order chi connectivity index (χ1) is 14.8. The molecule has 1 aromatic carbocycles. The quantitative estimate of drug-likeness (QED) is 0.236. The highest BCUT2D eigenvalue weighted by Gasteiger charge is 2.29. The molecule has 6 heteroatoms. The Morgan fingerprint density at radius 2 is 1.56 bits per heavy atom. The lowest BCUT2D eigenvalue weighted by atomic mass is 9.88. The maximum Gasteiger partial charge on any atom is 0.311 e.